The van der Waals surface area contributed by atoms with Gasteiger partial charge in [0.15, 0.2) is 0 Å². The maximum absolute atomic E-state index is 5.16. The lowest BCUT2D eigenvalue weighted by Gasteiger charge is -2.05. The molecule has 0 aliphatic carbocycles. The number of ether oxygens (including phenoxy) is 1. The van der Waals surface area contributed by atoms with Crippen LogP contribution in [0.1, 0.15) is 12.5 Å². The number of hydrogen-bond donors (Lipinski definition) is 1. The predicted octanol–water partition coefficient (Wildman–Crippen LogP) is 4.60. The summed E-state index contributed by atoms with van der Waals surface area (Å²) in [7, 11) is 1.69. The summed E-state index contributed by atoms with van der Waals surface area (Å²) in [5.41, 5.74) is 1.31. The minimum atomic E-state index is 0.906. The molecular weight excluding hydrogens is 286 g/mol. The molecule has 0 saturated carbocycles. The zero-order valence-corrected chi connectivity index (χ0v) is 13.4. The summed E-state index contributed by atoms with van der Waals surface area (Å²) < 4.78 is 8.41. The molecule has 2 aromatic carbocycles. The van der Waals surface area contributed by atoms with E-state index < -0.39 is 0 Å². The lowest BCUT2D eigenvalue weighted by molar-refractivity contribution is 0.414. The molecule has 0 heterocycles. The molecule has 20 heavy (non-hydrogen) atoms. The molecule has 0 radical (unpaired) electrons. The van der Waals surface area contributed by atoms with Gasteiger partial charge in [-0.1, -0.05) is 19.1 Å². The highest BCUT2D eigenvalue weighted by Crippen LogP contribution is 2.25. The zero-order valence-electron chi connectivity index (χ0n) is 11.8. The predicted molar refractivity (Wildman–Crippen MR) is 88.5 cm³/mol. The zero-order chi connectivity index (χ0) is 14.2. The van der Waals surface area contributed by atoms with Crippen molar-refractivity contribution in [3.8, 4) is 5.75 Å². The Hall–Kier alpha value is -1.10. The molecule has 0 unspecified atom stereocenters. The van der Waals surface area contributed by atoms with Crippen LogP contribution in [0.5, 0.6) is 5.75 Å². The highest BCUT2D eigenvalue weighted by molar-refractivity contribution is 7.98. The quantitative estimate of drug-likeness (QED) is 0.595. The van der Waals surface area contributed by atoms with Gasteiger partial charge in [0.05, 0.1) is 7.11 Å². The van der Waals surface area contributed by atoms with E-state index in [2.05, 4.69) is 48.0 Å². The number of methoxy groups -OCH3 is 1. The van der Waals surface area contributed by atoms with Crippen molar-refractivity contribution in [3.63, 3.8) is 0 Å². The van der Waals surface area contributed by atoms with Crippen LogP contribution in [0.3, 0.4) is 0 Å². The van der Waals surface area contributed by atoms with Gasteiger partial charge < -0.3 is 4.74 Å². The normalized spacial score (nSPS) is 10.5. The summed E-state index contributed by atoms with van der Waals surface area (Å²) in [5.74, 6) is 1.88. The molecule has 0 amide bonds. The molecule has 0 saturated heterocycles. The average molecular weight is 305 g/mol. The monoisotopic (exact) mass is 305 g/mol. The van der Waals surface area contributed by atoms with Crippen molar-refractivity contribution in [2.45, 2.75) is 22.5 Å². The summed E-state index contributed by atoms with van der Waals surface area (Å²) in [6.45, 7) is 3.07. The number of hydrogen-bond acceptors (Lipinski definition) is 4. The first-order valence-electron chi connectivity index (χ1n) is 6.57. The molecule has 2 nitrogen and oxygen atoms in total. The molecule has 2 rings (SSSR count). The molecule has 4 heteroatoms. The van der Waals surface area contributed by atoms with Gasteiger partial charge in [-0.25, -0.2) is 0 Å². The van der Waals surface area contributed by atoms with Gasteiger partial charge in [-0.2, -0.15) is 0 Å². The van der Waals surface area contributed by atoms with E-state index in [1.807, 2.05) is 23.9 Å². The van der Waals surface area contributed by atoms with Crippen LogP contribution >= 0.6 is 23.7 Å². The molecule has 0 atom stereocenters. The van der Waals surface area contributed by atoms with Crippen LogP contribution in [0.15, 0.2) is 58.3 Å². The third-order valence-electron chi connectivity index (χ3n) is 2.72. The van der Waals surface area contributed by atoms with Crippen LogP contribution < -0.4 is 9.46 Å². The fraction of sp³-hybridized carbons (Fsp3) is 0.250. The van der Waals surface area contributed by atoms with Gasteiger partial charge >= 0.3 is 0 Å². The van der Waals surface area contributed by atoms with Gasteiger partial charge in [0, 0.05) is 22.1 Å². The molecular formula is C16H19NOS2. The molecule has 0 bridgehead atoms. The number of thioether (sulfide) groups is 1. The first kappa shape index (κ1) is 15.3. The summed E-state index contributed by atoms with van der Waals surface area (Å²) in [4.78, 5) is 2.54. The van der Waals surface area contributed by atoms with Crippen molar-refractivity contribution in [1.82, 2.24) is 4.72 Å². The Balaban J connectivity index is 1.86. The Bertz CT molecular complexity index is 511. The maximum atomic E-state index is 5.16. The van der Waals surface area contributed by atoms with E-state index in [1.54, 1.807) is 19.1 Å². The fourth-order valence-corrected chi connectivity index (χ4v) is 3.09. The van der Waals surface area contributed by atoms with Crippen molar-refractivity contribution >= 4 is 23.7 Å². The third-order valence-corrected chi connectivity index (χ3v) is 4.75. The van der Waals surface area contributed by atoms with Crippen LogP contribution in [0, 0.1) is 0 Å². The lowest BCUT2D eigenvalue weighted by atomic mass is 10.2. The fourth-order valence-electron chi connectivity index (χ4n) is 1.65. The topological polar surface area (TPSA) is 21.3 Å². The van der Waals surface area contributed by atoms with Crippen LogP contribution in [-0.4, -0.2) is 13.7 Å². The van der Waals surface area contributed by atoms with E-state index in [0.29, 0.717) is 0 Å². The first-order chi connectivity index (χ1) is 9.81. The largest absolute Gasteiger partial charge is 0.497 e. The van der Waals surface area contributed by atoms with Crippen LogP contribution in [0.4, 0.5) is 0 Å². The molecule has 0 fully saturated rings. The molecule has 0 aromatic heterocycles. The van der Waals surface area contributed by atoms with Crippen LogP contribution in [0.25, 0.3) is 0 Å². The Kier molecular flexibility index (Phi) is 6.30. The molecule has 2 aromatic rings. The standard InChI is InChI=1S/C16H19NOS2/c1-3-17-20-16-10-8-15(9-11-16)19-12-13-4-6-14(18-2)7-5-13/h4-11,17H,3,12H2,1-2H3. The van der Waals surface area contributed by atoms with Gasteiger partial charge in [0.25, 0.3) is 0 Å². The van der Waals surface area contributed by atoms with E-state index in [1.165, 1.54) is 15.4 Å². The second-order valence-corrected chi connectivity index (χ2v) is 6.22. The van der Waals surface area contributed by atoms with Gasteiger partial charge in [0.1, 0.15) is 5.75 Å². The minimum absolute atomic E-state index is 0.906. The van der Waals surface area contributed by atoms with Crippen molar-refractivity contribution in [2.75, 3.05) is 13.7 Å². The highest BCUT2D eigenvalue weighted by atomic mass is 32.2. The minimum Gasteiger partial charge on any atom is -0.497 e. The van der Waals surface area contributed by atoms with Crippen molar-refractivity contribution in [3.05, 3.63) is 54.1 Å². The highest BCUT2D eigenvalue weighted by Gasteiger charge is 1.99. The third kappa shape index (κ3) is 4.78. The maximum Gasteiger partial charge on any atom is 0.118 e. The van der Waals surface area contributed by atoms with Crippen molar-refractivity contribution in [1.29, 1.82) is 0 Å². The number of rotatable bonds is 7. The lowest BCUT2D eigenvalue weighted by Crippen LogP contribution is -1.99. The average Bonchev–Trinajstić information content (AvgIpc) is 2.52. The molecule has 0 spiro atoms. The summed E-state index contributed by atoms with van der Waals surface area (Å²) in [5, 5.41) is 0. The first-order valence-corrected chi connectivity index (χ1v) is 8.37. The van der Waals surface area contributed by atoms with Gasteiger partial charge in [-0.15, -0.1) is 11.8 Å². The molecule has 0 aliphatic rings. The number of benzene rings is 2. The molecule has 1 N–H and O–H groups in total. The van der Waals surface area contributed by atoms with E-state index in [-0.39, 0.29) is 0 Å². The smallest absolute Gasteiger partial charge is 0.118 e. The van der Waals surface area contributed by atoms with Crippen molar-refractivity contribution < 1.29 is 4.74 Å². The van der Waals surface area contributed by atoms with E-state index in [4.69, 9.17) is 4.74 Å². The van der Waals surface area contributed by atoms with Gasteiger partial charge in [-0.05, 0) is 53.9 Å². The van der Waals surface area contributed by atoms with E-state index in [9.17, 15) is 0 Å². The van der Waals surface area contributed by atoms with Gasteiger partial charge in [-0.3, -0.25) is 4.72 Å². The SMILES string of the molecule is CCNSc1ccc(SCc2ccc(OC)cc2)cc1. The van der Waals surface area contributed by atoms with Crippen molar-refractivity contribution in [2.24, 2.45) is 0 Å². The van der Waals surface area contributed by atoms with Gasteiger partial charge in [0.2, 0.25) is 0 Å². The summed E-state index contributed by atoms with van der Waals surface area (Å²) >= 11 is 3.52. The Morgan fingerprint density at radius 1 is 0.950 bits per heavy atom. The Labute approximate surface area is 129 Å². The second kappa shape index (κ2) is 8.25. The van der Waals surface area contributed by atoms with Crippen LogP contribution in [0.2, 0.25) is 0 Å². The second-order valence-electron chi connectivity index (χ2n) is 4.21. The Morgan fingerprint density at radius 3 is 2.20 bits per heavy atom. The van der Waals surface area contributed by atoms with E-state index >= 15 is 0 Å². The Morgan fingerprint density at radius 2 is 1.60 bits per heavy atom. The molecule has 106 valence electrons. The van der Waals surface area contributed by atoms with E-state index in [0.717, 1.165) is 18.0 Å². The molecule has 0 aliphatic heterocycles. The van der Waals surface area contributed by atoms with Crippen LogP contribution in [-0.2, 0) is 5.75 Å². The number of nitrogens with one attached hydrogen (secondary N) is 1. The summed E-state index contributed by atoms with van der Waals surface area (Å²) in [6.07, 6.45) is 0. The summed E-state index contributed by atoms with van der Waals surface area (Å²) in [6, 6.07) is 16.9.